The number of aryl methyl sites for hydroxylation is 1. The molecule has 4 heterocycles. The number of carbonyl (C=O) groups is 2. The number of carbonyl (C=O) groups excluding carboxylic acids is 2. The molecule has 1 spiro atoms. The van der Waals surface area contributed by atoms with E-state index in [-0.39, 0.29) is 30.5 Å². The van der Waals surface area contributed by atoms with E-state index >= 15 is 0 Å². The van der Waals surface area contributed by atoms with Gasteiger partial charge in [-0.3, -0.25) is 14.3 Å². The molecule has 2 aromatic rings. The van der Waals surface area contributed by atoms with Gasteiger partial charge in [0.15, 0.2) is 0 Å². The molecule has 2 aromatic heterocycles. The quantitative estimate of drug-likeness (QED) is 0.813. The molecular formula is C19H21F2N5O3. The van der Waals surface area contributed by atoms with Crippen LogP contribution in [-0.2, 0) is 11.8 Å². The smallest absolute Gasteiger partial charge is 0.282 e. The second kappa shape index (κ2) is 7.41. The molecule has 29 heavy (non-hydrogen) atoms. The van der Waals surface area contributed by atoms with E-state index in [1.807, 2.05) is 0 Å². The third kappa shape index (κ3) is 3.43. The Morgan fingerprint density at radius 1 is 1.45 bits per heavy atom. The van der Waals surface area contributed by atoms with E-state index in [2.05, 4.69) is 15.4 Å². The number of ether oxygens (including phenoxy) is 1. The van der Waals surface area contributed by atoms with Gasteiger partial charge in [-0.05, 0) is 12.5 Å². The molecule has 4 rings (SSSR count). The van der Waals surface area contributed by atoms with Crippen LogP contribution in [0.1, 0.15) is 28.9 Å². The highest BCUT2D eigenvalue weighted by Gasteiger charge is 2.55. The van der Waals surface area contributed by atoms with Gasteiger partial charge in [0.2, 0.25) is 11.8 Å². The Kier molecular flexibility index (Phi) is 4.93. The van der Waals surface area contributed by atoms with E-state index in [4.69, 9.17) is 4.74 Å². The molecule has 2 saturated heterocycles. The molecule has 2 amide bonds. The van der Waals surface area contributed by atoms with Crippen molar-refractivity contribution in [1.29, 1.82) is 0 Å². The average molecular weight is 405 g/mol. The first-order valence-electron chi connectivity index (χ1n) is 9.34. The van der Waals surface area contributed by atoms with E-state index in [9.17, 15) is 18.4 Å². The molecule has 154 valence electrons. The Morgan fingerprint density at radius 3 is 3.00 bits per heavy atom. The Bertz CT molecular complexity index is 920. The van der Waals surface area contributed by atoms with Crippen molar-refractivity contribution < 1.29 is 23.1 Å². The number of amides is 2. The van der Waals surface area contributed by atoms with Crippen LogP contribution in [0.4, 0.5) is 8.78 Å². The minimum Gasteiger partial charge on any atom is -0.477 e. The van der Waals surface area contributed by atoms with E-state index in [1.54, 1.807) is 24.4 Å². The van der Waals surface area contributed by atoms with Crippen LogP contribution in [0.5, 0.6) is 5.88 Å². The van der Waals surface area contributed by atoms with E-state index in [0.29, 0.717) is 25.4 Å². The molecule has 0 saturated carbocycles. The summed E-state index contributed by atoms with van der Waals surface area (Å²) >= 11 is 0. The van der Waals surface area contributed by atoms with Gasteiger partial charge in [-0.1, -0.05) is 6.07 Å². The number of pyridine rings is 1. The maximum atomic E-state index is 13.2. The molecule has 0 bridgehead atoms. The molecule has 2 aliphatic heterocycles. The number of rotatable bonds is 5. The van der Waals surface area contributed by atoms with Gasteiger partial charge < -0.3 is 15.0 Å². The molecule has 2 atom stereocenters. The summed E-state index contributed by atoms with van der Waals surface area (Å²) in [4.78, 5) is 31.1. The zero-order valence-corrected chi connectivity index (χ0v) is 15.8. The molecule has 0 aliphatic carbocycles. The van der Waals surface area contributed by atoms with Crippen molar-refractivity contribution >= 4 is 11.8 Å². The maximum Gasteiger partial charge on any atom is 0.282 e. The van der Waals surface area contributed by atoms with E-state index in [0.717, 1.165) is 0 Å². The molecule has 2 fully saturated rings. The number of nitrogens with one attached hydrogen (secondary N) is 1. The fraction of sp³-hybridized carbons (Fsp3) is 0.474. The molecular weight excluding hydrogens is 384 g/mol. The largest absolute Gasteiger partial charge is 0.477 e. The first-order chi connectivity index (χ1) is 13.9. The average Bonchev–Trinajstić information content (AvgIpc) is 3.40. The normalized spacial score (nSPS) is 23.8. The number of hydrogen-bond acceptors (Lipinski definition) is 5. The minimum atomic E-state index is -2.85. The Morgan fingerprint density at radius 2 is 2.28 bits per heavy atom. The van der Waals surface area contributed by atoms with Crippen LogP contribution < -0.4 is 10.1 Å². The molecule has 0 aromatic carbocycles. The number of nitrogens with zero attached hydrogens (tertiary/aromatic N) is 4. The monoisotopic (exact) mass is 405 g/mol. The molecule has 10 heteroatoms. The van der Waals surface area contributed by atoms with Crippen LogP contribution >= 0.6 is 0 Å². The van der Waals surface area contributed by atoms with Gasteiger partial charge in [0, 0.05) is 51.1 Å². The number of likely N-dealkylation sites (tertiary alicyclic amines) is 1. The topological polar surface area (TPSA) is 89.4 Å². The lowest BCUT2D eigenvalue weighted by Gasteiger charge is -2.28. The van der Waals surface area contributed by atoms with Gasteiger partial charge >= 0.3 is 0 Å². The predicted molar refractivity (Wildman–Crippen MR) is 97.4 cm³/mol. The number of hydrogen-bond donors (Lipinski definition) is 1. The minimum absolute atomic E-state index is 0.126. The Hall–Kier alpha value is -3.04. The zero-order valence-electron chi connectivity index (χ0n) is 15.8. The zero-order chi connectivity index (χ0) is 20.6. The number of aromatic nitrogens is 3. The van der Waals surface area contributed by atoms with Crippen LogP contribution in [-0.4, -0.2) is 57.7 Å². The number of alkyl halides is 2. The fourth-order valence-corrected chi connectivity index (χ4v) is 4.14. The van der Waals surface area contributed by atoms with Gasteiger partial charge in [0.25, 0.3) is 12.3 Å². The summed E-state index contributed by atoms with van der Waals surface area (Å²) in [7, 11) is 1.49. The number of halogens is 2. The lowest BCUT2D eigenvalue weighted by molar-refractivity contribution is -0.128. The van der Waals surface area contributed by atoms with Crippen molar-refractivity contribution in [2.45, 2.75) is 12.8 Å². The summed E-state index contributed by atoms with van der Waals surface area (Å²) in [6.07, 6.45) is 0.519. The Labute approximate surface area is 165 Å². The van der Waals surface area contributed by atoms with Crippen molar-refractivity contribution in [3.05, 3.63) is 41.9 Å². The van der Waals surface area contributed by atoms with Crippen molar-refractivity contribution in [3.8, 4) is 5.88 Å². The maximum absolute atomic E-state index is 13.2. The van der Waals surface area contributed by atoms with Gasteiger partial charge in [-0.15, -0.1) is 0 Å². The summed E-state index contributed by atoms with van der Waals surface area (Å²) in [6.45, 7) is 1.17. The second-order valence-corrected chi connectivity index (χ2v) is 7.42. The lowest BCUT2D eigenvalue weighted by atomic mass is 9.77. The first kappa shape index (κ1) is 19.3. The van der Waals surface area contributed by atoms with Crippen LogP contribution in [0.3, 0.4) is 0 Å². The third-order valence-corrected chi connectivity index (χ3v) is 5.70. The van der Waals surface area contributed by atoms with Crippen molar-refractivity contribution in [3.63, 3.8) is 0 Å². The molecule has 0 radical (unpaired) electrons. The van der Waals surface area contributed by atoms with Crippen molar-refractivity contribution in [2.24, 2.45) is 18.4 Å². The first-order valence-corrected chi connectivity index (χ1v) is 9.34. The van der Waals surface area contributed by atoms with E-state index < -0.39 is 23.4 Å². The van der Waals surface area contributed by atoms with E-state index in [1.165, 1.54) is 22.8 Å². The summed E-state index contributed by atoms with van der Waals surface area (Å²) < 4.78 is 33.4. The second-order valence-electron chi connectivity index (χ2n) is 7.42. The highest BCUT2D eigenvalue weighted by Crippen LogP contribution is 2.42. The van der Waals surface area contributed by atoms with Crippen LogP contribution in [0.15, 0.2) is 30.6 Å². The summed E-state index contributed by atoms with van der Waals surface area (Å²) in [5.74, 6) is -0.361. The summed E-state index contributed by atoms with van der Waals surface area (Å²) in [6, 6.07) is 5.32. The Balaban J connectivity index is 1.50. The lowest BCUT2D eigenvalue weighted by Crippen LogP contribution is -2.41. The van der Waals surface area contributed by atoms with Gasteiger partial charge in [0.05, 0.1) is 17.6 Å². The molecule has 0 unspecified atom stereocenters. The standard InChI is InChI=1S/C19H21F2N5O3/c1-25-9-13(15(24-25)16(20)21)17(27)26-7-5-19(11-26)12(8-23-18(19)28)10-29-14-4-2-3-6-22-14/h2-4,6,9,12,16H,5,7-8,10-11H2,1H3,(H,23,28)/t12-,19+/m0/s1. The predicted octanol–water partition coefficient (Wildman–Crippen LogP) is 1.41. The van der Waals surface area contributed by atoms with Crippen LogP contribution in [0.25, 0.3) is 0 Å². The highest BCUT2D eigenvalue weighted by atomic mass is 19.3. The molecule has 2 aliphatic rings. The van der Waals surface area contributed by atoms with Crippen LogP contribution in [0, 0.1) is 11.3 Å². The van der Waals surface area contributed by atoms with Crippen molar-refractivity contribution in [2.75, 3.05) is 26.2 Å². The van der Waals surface area contributed by atoms with Gasteiger partial charge in [-0.25, -0.2) is 13.8 Å². The summed E-state index contributed by atoms with van der Waals surface area (Å²) in [5.41, 5.74) is -1.46. The fourth-order valence-electron chi connectivity index (χ4n) is 4.14. The van der Waals surface area contributed by atoms with Gasteiger partial charge in [0.1, 0.15) is 5.69 Å². The van der Waals surface area contributed by atoms with Crippen molar-refractivity contribution in [1.82, 2.24) is 25.0 Å². The van der Waals surface area contributed by atoms with Gasteiger partial charge in [-0.2, -0.15) is 5.10 Å². The van der Waals surface area contributed by atoms with Crippen LogP contribution in [0.2, 0.25) is 0 Å². The molecule has 1 N–H and O–H groups in total. The highest BCUT2D eigenvalue weighted by molar-refractivity contribution is 5.96. The third-order valence-electron chi connectivity index (χ3n) is 5.70. The molecule has 8 nitrogen and oxygen atoms in total. The SMILES string of the molecule is Cn1cc(C(=O)N2CC[C@]3(C2)C(=O)NC[C@H]3COc2ccccn2)c(C(F)F)n1. The summed E-state index contributed by atoms with van der Waals surface area (Å²) in [5, 5.41) is 6.56.